The van der Waals surface area contributed by atoms with Crippen molar-refractivity contribution >= 4 is 5.69 Å². The second-order valence-corrected chi connectivity index (χ2v) is 4.42. The van der Waals surface area contributed by atoms with Crippen LogP contribution in [0.2, 0.25) is 0 Å². The van der Waals surface area contributed by atoms with Crippen molar-refractivity contribution in [3.05, 3.63) is 34.4 Å². The van der Waals surface area contributed by atoms with Crippen molar-refractivity contribution in [1.29, 1.82) is 0 Å². The van der Waals surface area contributed by atoms with Crippen LogP contribution in [0.15, 0.2) is 24.3 Å². The van der Waals surface area contributed by atoms with Crippen LogP contribution in [0, 0.1) is 10.1 Å². The third-order valence-electron chi connectivity index (χ3n) is 3.16. The first-order valence-electron chi connectivity index (χ1n) is 6.41. The van der Waals surface area contributed by atoms with Crippen LogP contribution in [0.25, 0.3) is 0 Å². The van der Waals surface area contributed by atoms with Crippen molar-refractivity contribution in [1.82, 2.24) is 4.90 Å². The number of nitrogens with zero attached hydrogens (tertiary/aromatic N) is 2. The van der Waals surface area contributed by atoms with E-state index in [1.165, 1.54) is 6.07 Å². The fourth-order valence-electron chi connectivity index (χ4n) is 2.08. The second kappa shape index (κ2) is 6.49. The number of likely N-dealkylation sites (N-methyl/N-ethyl adjacent to an activating group) is 1. The van der Waals surface area contributed by atoms with Crippen molar-refractivity contribution in [2.75, 3.05) is 32.8 Å². The lowest BCUT2D eigenvalue weighted by Gasteiger charge is -2.31. The van der Waals surface area contributed by atoms with Gasteiger partial charge < -0.3 is 9.47 Å². The minimum Gasteiger partial charge on any atom is -0.484 e. The Morgan fingerprint density at radius 2 is 2.32 bits per heavy atom. The fraction of sp³-hybridized carbons (Fsp3) is 0.538. The Kier molecular flexibility index (Phi) is 4.70. The first-order valence-corrected chi connectivity index (χ1v) is 6.41. The molecule has 1 aliphatic rings. The molecule has 1 saturated heterocycles. The molecule has 0 aromatic heterocycles. The largest absolute Gasteiger partial charge is 0.484 e. The highest BCUT2D eigenvalue weighted by Gasteiger charge is 2.21. The van der Waals surface area contributed by atoms with Gasteiger partial charge in [-0.2, -0.15) is 0 Å². The molecule has 1 fully saturated rings. The van der Waals surface area contributed by atoms with Gasteiger partial charge in [-0.3, -0.25) is 15.0 Å². The van der Waals surface area contributed by atoms with Gasteiger partial charge in [0.05, 0.1) is 11.5 Å². The van der Waals surface area contributed by atoms with Crippen LogP contribution >= 0.6 is 0 Å². The summed E-state index contributed by atoms with van der Waals surface area (Å²) in [4.78, 5) is 12.7. The van der Waals surface area contributed by atoms with Gasteiger partial charge in [0.1, 0.15) is 12.7 Å². The number of rotatable bonds is 5. The first kappa shape index (κ1) is 13.8. The van der Waals surface area contributed by atoms with E-state index in [-0.39, 0.29) is 11.8 Å². The Morgan fingerprint density at radius 1 is 1.53 bits per heavy atom. The number of benzene rings is 1. The van der Waals surface area contributed by atoms with Crippen molar-refractivity contribution < 1.29 is 14.4 Å². The van der Waals surface area contributed by atoms with E-state index in [2.05, 4.69) is 11.8 Å². The number of para-hydroxylation sites is 2. The molecule has 1 aromatic rings. The van der Waals surface area contributed by atoms with Crippen LogP contribution in [0.1, 0.15) is 6.92 Å². The average Bonchev–Trinajstić information content (AvgIpc) is 2.45. The van der Waals surface area contributed by atoms with Crippen LogP contribution < -0.4 is 4.74 Å². The summed E-state index contributed by atoms with van der Waals surface area (Å²) >= 11 is 0. The Morgan fingerprint density at radius 3 is 3.05 bits per heavy atom. The molecule has 1 atom stereocenters. The molecule has 0 spiro atoms. The van der Waals surface area contributed by atoms with Gasteiger partial charge in [-0.25, -0.2) is 0 Å². The van der Waals surface area contributed by atoms with Gasteiger partial charge in [-0.15, -0.1) is 0 Å². The molecule has 1 aromatic carbocycles. The van der Waals surface area contributed by atoms with Gasteiger partial charge in [0.2, 0.25) is 0 Å². The zero-order valence-electron chi connectivity index (χ0n) is 10.9. The van der Waals surface area contributed by atoms with Crippen LogP contribution in [0.3, 0.4) is 0 Å². The summed E-state index contributed by atoms with van der Waals surface area (Å²) in [6, 6.07) is 6.40. The van der Waals surface area contributed by atoms with Crippen molar-refractivity contribution in [3.63, 3.8) is 0 Å². The maximum Gasteiger partial charge on any atom is 0.310 e. The van der Waals surface area contributed by atoms with E-state index in [4.69, 9.17) is 9.47 Å². The maximum atomic E-state index is 10.9. The van der Waals surface area contributed by atoms with E-state index >= 15 is 0 Å². The van der Waals surface area contributed by atoms with Gasteiger partial charge in [0.15, 0.2) is 5.75 Å². The molecule has 1 heterocycles. The Balaban J connectivity index is 1.93. The van der Waals surface area contributed by atoms with E-state index in [0.717, 1.165) is 19.6 Å². The number of nitro benzene ring substituents is 1. The quantitative estimate of drug-likeness (QED) is 0.599. The molecule has 1 aliphatic heterocycles. The summed E-state index contributed by atoms with van der Waals surface area (Å²) in [5.74, 6) is 0.296. The minimum absolute atomic E-state index is 0.00865. The zero-order chi connectivity index (χ0) is 13.7. The number of ether oxygens (including phenoxy) is 2. The summed E-state index contributed by atoms with van der Waals surface area (Å²) in [7, 11) is 0. The highest BCUT2D eigenvalue weighted by Crippen LogP contribution is 2.26. The average molecular weight is 266 g/mol. The molecule has 19 heavy (non-hydrogen) atoms. The van der Waals surface area contributed by atoms with Crippen LogP contribution in [-0.4, -0.2) is 48.8 Å². The maximum absolute atomic E-state index is 10.9. The lowest BCUT2D eigenvalue weighted by molar-refractivity contribution is -0.385. The molecule has 0 radical (unpaired) electrons. The number of hydrogen-bond acceptors (Lipinski definition) is 5. The molecule has 6 heteroatoms. The molecule has 2 rings (SSSR count). The monoisotopic (exact) mass is 266 g/mol. The molecular formula is C13H18N2O4. The van der Waals surface area contributed by atoms with E-state index in [0.29, 0.717) is 19.0 Å². The lowest BCUT2D eigenvalue weighted by Crippen LogP contribution is -2.44. The van der Waals surface area contributed by atoms with Gasteiger partial charge >= 0.3 is 5.69 Å². The lowest BCUT2D eigenvalue weighted by atomic mass is 10.2. The predicted molar refractivity (Wildman–Crippen MR) is 70.4 cm³/mol. The molecule has 0 aliphatic carbocycles. The van der Waals surface area contributed by atoms with Crippen molar-refractivity contribution in [2.45, 2.75) is 13.0 Å². The van der Waals surface area contributed by atoms with E-state index in [1.54, 1.807) is 18.2 Å². The number of nitro groups is 1. The zero-order valence-corrected chi connectivity index (χ0v) is 10.9. The van der Waals surface area contributed by atoms with E-state index < -0.39 is 4.92 Å². The van der Waals surface area contributed by atoms with Gasteiger partial charge in [0, 0.05) is 19.2 Å². The highest BCUT2D eigenvalue weighted by atomic mass is 16.6. The van der Waals surface area contributed by atoms with Gasteiger partial charge in [0.25, 0.3) is 0 Å². The molecular weight excluding hydrogens is 248 g/mol. The number of morpholine rings is 1. The second-order valence-electron chi connectivity index (χ2n) is 4.42. The molecule has 0 N–H and O–H groups in total. The van der Waals surface area contributed by atoms with Gasteiger partial charge in [-0.05, 0) is 12.6 Å². The molecule has 0 unspecified atom stereocenters. The molecule has 6 nitrogen and oxygen atoms in total. The first-order chi connectivity index (χ1) is 9.20. The van der Waals surface area contributed by atoms with E-state index in [1.807, 2.05) is 0 Å². The van der Waals surface area contributed by atoms with Crippen molar-refractivity contribution in [3.8, 4) is 5.75 Å². The highest BCUT2D eigenvalue weighted by molar-refractivity contribution is 5.45. The minimum atomic E-state index is -0.435. The SMILES string of the molecule is CCN1CCO[C@@H](COc2ccccc2[N+](=O)[O-])C1. The normalized spacial score (nSPS) is 20.2. The Bertz CT molecular complexity index is 438. The molecule has 0 saturated carbocycles. The Labute approximate surface area is 112 Å². The standard InChI is InChI=1S/C13H18N2O4/c1-2-14-7-8-18-11(9-14)10-19-13-6-4-3-5-12(13)15(16)17/h3-6,11H,2,7-10H2,1H3/t11-/m1/s1. The third kappa shape index (κ3) is 3.65. The van der Waals surface area contributed by atoms with E-state index in [9.17, 15) is 10.1 Å². The summed E-state index contributed by atoms with van der Waals surface area (Å²) in [5, 5.41) is 10.9. The fourth-order valence-corrected chi connectivity index (χ4v) is 2.08. The third-order valence-corrected chi connectivity index (χ3v) is 3.16. The summed E-state index contributed by atoms with van der Waals surface area (Å²) < 4.78 is 11.1. The van der Waals surface area contributed by atoms with Crippen LogP contribution in [0.5, 0.6) is 5.75 Å². The summed E-state index contributed by atoms with van der Waals surface area (Å²) in [6.07, 6.45) is -0.0338. The number of hydrogen-bond donors (Lipinski definition) is 0. The van der Waals surface area contributed by atoms with Crippen molar-refractivity contribution in [2.24, 2.45) is 0 Å². The summed E-state index contributed by atoms with van der Waals surface area (Å²) in [6.45, 7) is 5.83. The molecule has 104 valence electrons. The summed E-state index contributed by atoms with van der Waals surface area (Å²) in [5.41, 5.74) is -0.00865. The molecule has 0 bridgehead atoms. The van der Waals surface area contributed by atoms with Crippen LogP contribution in [-0.2, 0) is 4.74 Å². The van der Waals surface area contributed by atoms with Crippen LogP contribution in [0.4, 0.5) is 5.69 Å². The smallest absolute Gasteiger partial charge is 0.310 e. The van der Waals surface area contributed by atoms with Gasteiger partial charge in [-0.1, -0.05) is 19.1 Å². The molecule has 0 amide bonds. The Hall–Kier alpha value is -1.66. The predicted octanol–water partition coefficient (Wildman–Crippen LogP) is 1.69. The topological polar surface area (TPSA) is 64.8 Å².